The van der Waals surface area contributed by atoms with Gasteiger partial charge >= 0.3 is 0 Å². The van der Waals surface area contributed by atoms with Crippen LogP contribution in [0.4, 0.5) is 0 Å². The number of benzene rings is 2. The first kappa shape index (κ1) is 16.3. The number of carbonyl (C=O) groups excluding carboxylic acids is 1. The van der Waals surface area contributed by atoms with Crippen LogP contribution in [0.3, 0.4) is 0 Å². The highest BCUT2D eigenvalue weighted by molar-refractivity contribution is 5.88. The third kappa shape index (κ3) is 3.34. The molecule has 0 radical (unpaired) electrons. The molecule has 1 heterocycles. The summed E-state index contributed by atoms with van der Waals surface area (Å²) in [6, 6.07) is 20.8. The van der Waals surface area contributed by atoms with Crippen LogP contribution in [-0.2, 0) is 14.9 Å². The highest BCUT2D eigenvalue weighted by Gasteiger charge is 2.43. The standard InChI is InChI=1S/C22H25NO2/c24-21(23-16-18-15-20(18)17-7-3-1-4-8-17)22(11-13-25-14-12-22)19-9-5-2-6-10-19/h1-10,18,20H,11-16H2,(H,23,24)/t18-,20+/m1/s1. The largest absolute Gasteiger partial charge is 0.381 e. The first-order valence-electron chi connectivity index (χ1n) is 9.26. The van der Waals surface area contributed by atoms with Gasteiger partial charge in [-0.2, -0.15) is 0 Å². The van der Waals surface area contributed by atoms with Crippen molar-refractivity contribution in [2.75, 3.05) is 19.8 Å². The van der Waals surface area contributed by atoms with Crippen molar-refractivity contribution in [1.29, 1.82) is 0 Å². The molecule has 2 aliphatic rings. The quantitative estimate of drug-likeness (QED) is 0.906. The molecule has 1 N–H and O–H groups in total. The van der Waals surface area contributed by atoms with Crippen molar-refractivity contribution < 1.29 is 9.53 Å². The van der Waals surface area contributed by atoms with E-state index in [1.807, 2.05) is 18.2 Å². The van der Waals surface area contributed by atoms with Crippen LogP contribution in [0, 0.1) is 5.92 Å². The second-order valence-corrected chi connectivity index (χ2v) is 7.28. The molecule has 2 atom stereocenters. The number of nitrogens with one attached hydrogen (secondary N) is 1. The lowest BCUT2D eigenvalue weighted by atomic mass is 9.73. The van der Waals surface area contributed by atoms with E-state index in [0.29, 0.717) is 25.0 Å². The summed E-state index contributed by atoms with van der Waals surface area (Å²) in [5, 5.41) is 3.26. The summed E-state index contributed by atoms with van der Waals surface area (Å²) in [7, 11) is 0. The Morgan fingerprint density at radius 2 is 1.64 bits per heavy atom. The van der Waals surface area contributed by atoms with Crippen molar-refractivity contribution in [3.63, 3.8) is 0 Å². The first-order chi connectivity index (χ1) is 12.3. The van der Waals surface area contributed by atoms with Crippen LogP contribution in [0.15, 0.2) is 60.7 Å². The molecule has 0 aromatic heterocycles. The van der Waals surface area contributed by atoms with Crippen LogP contribution in [-0.4, -0.2) is 25.7 Å². The Balaban J connectivity index is 1.42. The molecule has 4 rings (SSSR count). The van der Waals surface area contributed by atoms with Crippen LogP contribution in [0.2, 0.25) is 0 Å². The summed E-state index contributed by atoms with van der Waals surface area (Å²) in [4.78, 5) is 13.1. The van der Waals surface area contributed by atoms with Crippen molar-refractivity contribution in [2.45, 2.75) is 30.6 Å². The topological polar surface area (TPSA) is 38.3 Å². The summed E-state index contributed by atoms with van der Waals surface area (Å²) in [6.45, 7) is 2.07. The fourth-order valence-corrected chi connectivity index (χ4v) is 4.10. The molecule has 130 valence electrons. The molecular weight excluding hydrogens is 310 g/mol. The highest BCUT2D eigenvalue weighted by Crippen LogP contribution is 2.47. The predicted octanol–water partition coefficient (Wildman–Crippen LogP) is 3.65. The molecule has 3 heteroatoms. The smallest absolute Gasteiger partial charge is 0.230 e. The molecule has 0 spiro atoms. The van der Waals surface area contributed by atoms with E-state index in [9.17, 15) is 4.79 Å². The van der Waals surface area contributed by atoms with Gasteiger partial charge in [0.05, 0.1) is 5.41 Å². The minimum Gasteiger partial charge on any atom is -0.381 e. The zero-order chi connectivity index (χ0) is 17.1. The minimum absolute atomic E-state index is 0.167. The molecular formula is C22H25NO2. The van der Waals surface area contributed by atoms with Crippen LogP contribution in [0.1, 0.15) is 36.3 Å². The maximum Gasteiger partial charge on any atom is 0.230 e. The summed E-state index contributed by atoms with van der Waals surface area (Å²) in [5.74, 6) is 1.34. The van der Waals surface area contributed by atoms with Crippen molar-refractivity contribution in [3.8, 4) is 0 Å². The fourth-order valence-electron chi connectivity index (χ4n) is 4.10. The summed E-state index contributed by atoms with van der Waals surface area (Å²) in [5.41, 5.74) is 2.08. The average molecular weight is 335 g/mol. The van der Waals surface area contributed by atoms with Gasteiger partial charge in [-0.3, -0.25) is 4.79 Å². The molecule has 2 aromatic rings. The monoisotopic (exact) mass is 335 g/mol. The molecule has 0 unspecified atom stereocenters. The highest BCUT2D eigenvalue weighted by atomic mass is 16.5. The molecule has 0 bridgehead atoms. The number of hydrogen-bond acceptors (Lipinski definition) is 2. The molecule has 1 saturated carbocycles. The molecule has 1 amide bonds. The zero-order valence-electron chi connectivity index (χ0n) is 14.5. The van der Waals surface area contributed by atoms with Gasteiger partial charge < -0.3 is 10.1 Å². The summed E-state index contributed by atoms with van der Waals surface area (Å²) in [6.07, 6.45) is 2.69. The van der Waals surface area contributed by atoms with Crippen LogP contribution < -0.4 is 5.32 Å². The van der Waals surface area contributed by atoms with E-state index in [4.69, 9.17) is 4.74 Å². The van der Waals surface area contributed by atoms with Gasteiger partial charge in [0.1, 0.15) is 0 Å². The number of amides is 1. The molecule has 2 aromatic carbocycles. The maximum atomic E-state index is 13.1. The van der Waals surface area contributed by atoms with Gasteiger partial charge in [0, 0.05) is 19.8 Å². The fraction of sp³-hybridized carbons (Fsp3) is 0.409. The van der Waals surface area contributed by atoms with Gasteiger partial charge in [0.2, 0.25) is 5.91 Å². The number of rotatable bonds is 5. The van der Waals surface area contributed by atoms with Crippen molar-refractivity contribution in [3.05, 3.63) is 71.8 Å². The van der Waals surface area contributed by atoms with E-state index in [2.05, 4.69) is 47.8 Å². The van der Waals surface area contributed by atoms with Crippen molar-refractivity contribution >= 4 is 5.91 Å². The van der Waals surface area contributed by atoms with Gasteiger partial charge in [-0.15, -0.1) is 0 Å². The van der Waals surface area contributed by atoms with Crippen molar-refractivity contribution in [1.82, 2.24) is 5.32 Å². The first-order valence-corrected chi connectivity index (χ1v) is 9.26. The average Bonchev–Trinajstić information content (AvgIpc) is 3.48. The Hall–Kier alpha value is -2.13. The summed E-state index contributed by atoms with van der Waals surface area (Å²) >= 11 is 0. The van der Waals surface area contributed by atoms with Crippen molar-refractivity contribution in [2.24, 2.45) is 5.92 Å². The van der Waals surface area contributed by atoms with Gasteiger partial charge in [-0.1, -0.05) is 60.7 Å². The Kier molecular flexibility index (Phi) is 4.58. The van der Waals surface area contributed by atoms with Crippen LogP contribution in [0.5, 0.6) is 0 Å². The zero-order valence-corrected chi connectivity index (χ0v) is 14.5. The SMILES string of the molecule is O=C(NC[C@H]1C[C@H]1c1ccccc1)C1(c2ccccc2)CCOCC1. The van der Waals surface area contributed by atoms with E-state index >= 15 is 0 Å². The minimum atomic E-state index is -0.434. The Bertz CT molecular complexity index is 707. The molecule has 1 aliphatic carbocycles. The second-order valence-electron chi connectivity index (χ2n) is 7.28. The lowest BCUT2D eigenvalue weighted by molar-refractivity contribution is -0.130. The lowest BCUT2D eigenvalue weighted by Gasteiger charge is -2.36. The van der Waals surface area contributed by atoms with E-state index in [-0.39, 0.29) is 5.91 Å². The van der Waals surface area contributed by atoms with Gasteiger partial charge in [-0.25, -0.2) is 0 Å². The second kappa shape index (κ2) is 7.01. The maximum absolute atomic E-state index is 13.1. The van der Waals surface area contributed by atoms with Crippen LogP contribution in [0.25, 0.3) is 0 Å². The number of hydrogen-bond donors (Lipinski definition) is 1. The van der Waals surface area contributed by atoms with E-state index in [0.717, 1.165) is 24.9 Å². The van der Waals surface area contributed by atoms with Crippen LogP contribution >= 0.6 is 0 Å². The summed E-state index contributed by atoms with van der Waals surface area (Å²) < 4.78 is 5.53. The van der Waals surface area contributed by atoms with Gasteiger partial charge in [0.15, 0.2) is 0 Å². The molecule has 25 heavy (non-hydrogen) atoms. The van der Waals surface area contributed by atoms with E-state index in [1.54, 1.807) is 0 Å². The number of carbonyl (C=O) groups is 1. The Labute approximate surface area is 149 Å². The lowest BCUT2D eigenvalue weighted by Crippen LogP contribution is -2.48. The molecule has 3 nitrogen and oxygen atoms in total. The Morgan fingerprint density at radius 1 is 1.00 bits per heavy atom. The Morgan fingerprint density at radius 3 is 2.32 bits per heavy atom. The third-order valence-electron chi connectivity index (χ3n) is 5.78. The third-order valence-corrected chi connectivity index (χ3v) is 5.78. The normalized spacial score (nSPS) is 24.5. The molecule has 1 aliphatic heterocycles. The van der Waals surface area contributed by atoms with Gasteiger partial charge in [-0.05, 0) is 42.2 Å². The number of ether oxygens (including phenoxy) is 1. The predicted molar refractivity (Wildman–Crippen MR) is 98.5 cm³/mol. The van der Waals surface area contributed by atoms with E-state index in [1.165, 1.54) is 12.0 Å². The molecule has 1 saturated heterocycles. The molecule has 2 fully saturated rings. The van der Waals surface area contributed by atoms with Gasteiger partial charge in [0.25, 0.3) is 0 Å². The van der Waals surface area contributed by atoms with E-state index < -0.39 is 5.41 Å².